The molecule has 1 aromatic heterocycles. The smallest absolute Gasteiger partial charge is 0.234 e. The molecule has 1 N–H and O–H groups in total. The first-order valence-electron chi connectivity index (χ1n) is 7.96. The maximum atomic E-state index is 12.1. The van der Waals surface area contributed by atoms with Crippen LogP contribution in [0.2, 0.25) is 0 Å². The molecule has 3 aromatic rings. The zero-order chi connectivity index (χ0) is 18.5. The van der Waals surface area contributed by atoms with Crippen LogP contribution in [0.15, 0.2) is 53.7 Å². The second kappa shape index (κ2) is 7.85. The minimum Gasteiger partial charge on any atom is -0.325 e. The Kier molecular flexibility index (Phi) is 5.34. The lowest BCUT2D eigenvalue weighted by molar-refractivity contribution is -0.113. The number of thioether (sulfide) groups is 1. The predicted molar refractivity (Wildman–Crippen MR) is 102 cm³/mol. The van der Waals surface area contributed by atoms with E-state index in [0.717, 1.165) is 11.4 Å². The van der Waals surface area contributed by atoms with Gasteiger partial charge in [0.25, 0.3) is 0 Å². The van der Waals surface area contributed by atoms with Crippen LogP contribution in [0.25, 0.3) is 11.4 Å². The molecule has 0 aliphatic heterocycles. The van der Waals surface area contributed by atoms with E-state index >= 15 is 0 Å². The van der Waals surface area contributed by atoms with Crippen LogP contribution >= 0.6 is 11.8 Å². The Morgan fingerprint density at radius 2 is 1.85 bits per heavy atom. The number of aromatic nitrogens is 3. The van der Waals surface area contributed by atoms with E-state index in [9.17, 15) is 4.79 Å². The van der Waals surface area contributed by atoms with Crippen molar-refractivity contribution in [1.82, 2.24) is 14.8 Å². The summed E-state index contributed by atoms with van der Waals surface area (Å²) in [6, 6.07) is 16.9. The molecule has 0 fully saturated rings. The Labute approximate surface area is 155 Å². The fourth-order valence-corrected chi connectivity index (χ4v) is 3.06. The summed E-state index contributed by atoms with van der Waals surface area (Å²) in [5.41, 5.74) is 3.39. The molecule has 1 heterocycles. The molecule has 0 spiro atoms. The topological polar surface area (TPSA) is 83.6 Å². The second-order valence-corrected chi connectivity index (χ2v) is 6.70. The van der Waals surface area contributed by atoms with E-state index in [1.807, 2.05) is 48.9 Å². The van der Waals surface area contributed by atoms with Gasteiger partial charge in [-0.15, -0.1) is 10.2 Å². The van der Waals surface area contributed by atoms with Gasteiger partial charge < -0.3 is 9.88 Å². The molecule has 130 valence electrons. The molecule has 0 atom stereocenters. The van der Waals surface area contributed by atoms with Gasteiger partial charge in [0.05, 0.1) is 17.4 Å². The molecule has 6 nitrogen and oxygen atoms in total. The highest BCUT2D eigenvalue weighted by Gasteiger charge is 2.13. The Balaban J connectivity index is 1.61. The van der Waals surface area contributed by atoms with Gasteiger partial charge in [-0.25, -0.2) is 0 Å². The standard InChI is InChI=1S/C19H17N5OS/c1-13-3-7-15(8-4-13)18-22-23-19(24(18)2)26-12-17(25)21-16-9-5-14(11-20)6-10-16/h3-10H,12H2,1-2H3,(H,21,25). The van der Waals surface area contributed by atoms with Crippen molar-refractivity contribution in [2.24, 2.45) is 7.05 Å². The van der Waals surface area contributed by atoms with Crippen molar-refractivity contribution >= 4 is 23.4 Å². The van der Waals surface area contributed by atoms with Crippen molar-refractivity contribution in [3.05, 3.63) is 59.7 Å². The molecule has 0 aliphatic rings. The summed E-state index contributed by atoms with van der Waals surface area (Å²) in [6.07, 6.45) is 0. The summed E-state index contributed by atoms with van der Waals surface area (Å²) >= 11 is 1.33. The quantitative estimate of drug-likeness (QED) is 0.703. The van der Waals surface area contributed by atoms with Crippen LogP contribution in [0.3, 0.4) is 0 Å². The molecule has 7 heteroatoms. The summed E-state index contributed by atoms with van der Waals surface area (Å²) in [7, 11) is 1.88. The molecule has 2 aromatic carbocycles. The van der Waals surface area contributed by atoms with Crippen LogP contribution < -0.4 is 5.32 Å². The van der Waals surface area contributed by atoms with E-state index in [4.69, 9.17) is 5.26 Å². The van der Waals surface area contributed by atoms with Crippen LogP contribution in [0.1, 0.15) is 11.1 Å². The predicted octanol–water partition coefficient (Wildman–Crippen LogP) is 3.39. The Morgan fingerprint density at radius 1 is 1.15 bits per heavy atom. The third-order valence-corrected chi connectivity index (χ3v) is 4.80. The monoisotopic (exact) mass is 363 g/mol. The van der Waals surface area contributed by atoms with Gasteiger partial charge in [0.1, 0.15) is 0 Å². The van der Waals surface area contributed by atoms with Gasteiger partial charge >= 0.3 is 0 Å². The lowest BCUT2D eigenvalue weighted by Gasteiger charge is -2.06. The van der Waals surface area contributed by atoms with Crippen molar-refractivity contribution in [3.63, 3.8) is 0 Å². The van der Waals surface area contributed by atoms with Gasteiger partial charge in [0.15, 0.2) is 11.0 Å². The van der Waals surface area contributed by atoms with Crippen molar-refractivity contribution in [1.29, 1.82) is 5.26 Å². The number of hydrogen-bond donors (Lipinski definition) is 1. The second-order valence-electron chi connectivity index (χ2n) is 5.76. The van der Waals surface area contributed by atoms with Crippen LogP contribution in [-0.4, -0.2) is 26.4 Å². The summed E-state index contributed by atoms with van der Waals surface area (Å²) in [5.74, 6) is 0.847. The molecule has 1 amide bonds. The van der Waals surface area contributed by atoms with Gasteiger partial charge in [-0.2, -0.15) is 5.26 Å². The number of amides is 1. The fourth-order valence-electron chi connectivity index (χ4n) is 2.35. The number of hydrogen-bond acceptors (Lipinski definition) is 5. The third-order valence-electron chi connectivity index (χ3n) is 3.77. The van der Waals surface area contributed by atoms with E-state index in [1.54, 1.807) is 24.3 Å². The summed E-state index contributed by atoms with van der Waals surface area (Å²) in [6.45, 7) is 2.04. The number of carbonyl (C=O) groups excluding carboxylic acids is 1. The van der Waals surface area contributed by atoms with Gasteiger partial charge in [-0.05, 0) is 31.2 Å². The van der Waals surface area contributed by atoms with Crippen LogP contribution in [0, 0.1) is 18.3 Å². The van der Waals surface area contributed by atoms with E-state index in [-0.39, 0.29) is 11.7 Å². The van der Waals surface area contributed by atoms with Gasteiger partial charge in [-0.3, -0.25) is 4.79 Å². The molecule has 26 heavy (non-hydrogen) atoms. The van der Waals surface area contributed by atoms with E-state index in [1.165, 1.54) is 17.3 Å². The molecule has 0 bridgehead atoms. The summed E-state index contributed by atoms with van der Waals surface area (Å²) in [4.78, 5) is 12.1. The lowest BCUT2D eigenvalue weighted by atomic mass is 10.1. The van der Waals surface area contributed by atoms with E-state index in [0.29, 0.717) is 16.4 Å². The van der Waals surface area contributed by atoms with Crippen molar-refractivity contribution in [2.45, 2.75) is 12.1 Å². The average molecular weight is 363 g/mol. The first-order valence-corrected chi connectivity index (χ1v) is 8.94. The molecular formula is C19H17N5OS. The number of benzene rings is 2. The highest BCUT2D eigenvalue weighted by Crippen LogP contribution is 2.23. The fraction of sp³-hybridized carbons (Fsp3) is 0.158. The highest BCUT2D eigenvalue weighted by molar-refractivity contribution is 7.99. The highest BCUT2D eigenvalue weighted by atomic mass is 32.2. The molecule has 0 unspecified atom stereocenters. The third kappa shape index (κ3) is 4.10. The SMILES string of the molecule is Cc1ccc(-c2nnc(SCC(=O)Nc3ccc(C#N)cc3)n2C)cc1. The van der Waals surface area contributed by atoms with E-state index in [2.05, 4.69) is 15.5 Å². The Bertz CT molecular complexity index is 955. The summed E-state index contributed by atoms with van der Waals surface area (Å²) in [5, 5.41) is 20.7. The number of aryl methyl sites for hydroxylation is 1. The van der Waals surface area contributed by atoms with Crippen molar-refractivity contribution < 1.29 is 4.79 Å². The van der Waals surface area contributed by atoms with Gasteiger partial charge in [0.2, 0.25) is 5.91 Å². The van der Waals surface area contributed by atoms with Crippen LogP contribution in [0.5, 0.6) is 0 Å². The van der Waals surface area contributed by atoms with Crippen molar-refractivity contribution in [3.8, 4) is 17.5 Å². The first kappa shape index (κ1) is 17.7. The minimum absolute atomic E-state index is 0.139. The normalized spacial score (nSPS) is 10.3. The largest absolute Gasteiger partial charge is 0.325 e. The molecule has 0 radical (unpaired) electrons. The Morgan fingerprint density at radius 3 is 2.50 bits per heavy atom. The number of nitrogens with one attached hydrogen (secondary N) is 1. The van der Waals surface area contributed by atoms with E-state index < -0.39 is 0 Å². The molecule has 0 saturated carbocycles. The van der Waals surface area contributed by atoms with Crippen LogP contribution in [-0.2, 0) is 11.8 Å². The van der Waals surface area contributed by atoms with Crippen molar-refractivity contribution in [2.75, 3.05) is 11.1 Å². The maximum absolute atomic E-state index is 12.1. The number of anilines is 1. The molecule has 0 aliphatic carbocycles. The lowest BCUT2D eigenvalue weighted by Crippen LogP contribution is -2.14. The first-order chi connectivity index (χ1) is 12.6. The van der Waals surface area contributed by atoms with Gasteiger partial charge in [0, 0.05) is 18.3 Å². The molecule has 0 saturated heterocycles. The number of rotatable bonds is 5. The number of nitriles is 1. The Hall–Kier alpha value is -3.11. The number of nitrogens with zero attached hydrogens (tertiary/aromatic N) is 4. The molecule has 3 rings (SSSR count). The van der Waals surface area contributed by atoms with Gasteiger partial charge in [-0.1, -0.05) is 41.6 Å². The zero-order valence-corrected chi connectivity index (χ0v) is 15.2. The minimum atomic E-state index is -0.139. The average Bonchev–Trinajstić information content (AvgIpc) is 3.02. The number of carbonyl (C=O) groups is 1. The maximum Gasteiger partial charge on any atom is 0.234 e. The molecular weight excluding hydrogens is 346 g/mol. The van der Waals surface area contributed by atoms with Crippen LogP contribution in [0.4, 0.5) is 5.69 Å². The zero-order valence-electron chi connectivity index (χ0n) is 14.4. The summed E-state index contributed by atoms with van der Waals surface area (Å²) < 4.78 is 1.88.